The molecule has 1 rings (SSSR count). The molecule has 0 saturated heterocycles. The molecule has 1 saturated carbocycles. The highest BCUT2D eigenvalue weighted by atomic mass is 16.5. The van der Waals surface area contributed by atoms with Gasteiger partial charge in [-0.2, -0.15) is 0 Å². The topological polar surface area (TPSA) is 61.5 Å². The molecule has 106 valence electrons. The van der Waals surface area contributed by atoms with Crippen LogP contribution in [0.2, 0.25) is 0 Å². The molecule has 0 heterocycles. The number of esters is 1. The van der Waals surface area contributed by atoms with Gasteiger partial charge in [-0.25, -0.2) is 0 Å². The molecule has 0 amide bonds. The lowest BCUT2D eigenvalue weighted by molar-refractivity contribution is -0.145. The van der Waals surface area contributed by atoms with Gasteiger partial charge in [0.05, 0.1) is 12.7 Å². The van der Waals surface area contributed by atoms with Crippen LogP contribution < -0.4 is 5.73 Å². The van der Waals surface area contributed by atoms with Crippen LogP contribution in [-0.2, 0) is 14.3 Å². The van der Waals surface area contributed by atoms with E-state index >= 15 is 0 Å². The second kappa shape index (κ2) is 7.10. The fourth-order valence-corrected chi connectivity index (χ4v) is 2.27. The molecule has 0 aromatic carbocycles. The molecule has 2 N–H and O–H groups in total. The van der Waals surface area contributed by atoms with E-state index in [9.17, 15) is 4.79 Å². The van der Waals surface area contributed by atoms with Crippen LogP contribution in [0.4, 0.5) is 0 Å². The van der Waals surface area contributed by atoms with Gasteiger partial charge in [0.15, 0.2) is 0 Å². The van der Waals surface area contributed by atoms with Gasteiger partial charge in [0, 0.05) is 6.61 Å². The predicted molar refractivity (Wildman–Crippen MR) is 71.2 cm³/mol. The van der Waals surface area contributed by atoms with Gasteiger partial charge >= 0.3 is 5.97 Å². The summed E-state index contributed by atoms with van der Waals surface area (Å²) >= 11 is 0. The maximum atomic E-state index is 11.3. The predicted octanol–water partition coefficient (Wildman–Crippen LogP) is 2.25. The molecule has 1 aliphatic carbocycles. The van der Waals surface area contributed by atoms with Gasteiger partial charge in [0.25, 0.3) is 0 Å². The Kier molecular flexibility index (Phi) is 6.09. The summed E-state index contributed by atoms with van der Waals surface area (Å²) in [5.41, 5.74) is 6.17. The zero-order valence-corrected chi connectivity index (χ0v) is 11.9. The van der Waals surface area contributed by atoms with Gasteiger partial charge in [0.2, 0.25) is 0 Å². The van der Waals surface area contributed by atoms with E-state index in [0.717, 1.165) is 12.8 Å². The van der Waals surface area contributed by atoms with Gasteiger partial charge < -0.3 is 15.2 Å². The zero-order chi connectivity index (χ0) is 13.6. The van der Waals surface area contributed by atoms with Crippen molar-refractivity contribution in [3.05, 3.63) is 0 Å². The quantitative estimate of drug-likeness (QED) is 0.741. The Hall–Kier alpha value is -0.610. The Bertz CT molecular complexity index is 256. The molecule has 0 radical (unpaired) electrons. The summed E-state index contributed by atoms with van der Waals surface area (Å²) in [4.78, 5) is 11.3. The highest BCUT2D eigenvalue weighted by Crippen LogP contribution is 2.36. The fourth-order valence-electron chi connectivity index (χ4n) is 2.27. The summed E-state index contributed by atoms with van der Waals surface area (Å²) in [6, 6.07) is -0.551. The van der Waals surface area contributed by atoms with Crippen molar-refractivity contribution < 1.29 is 14.3 Å². The number of carbonyl (C=O) groups is 1. The Morgan fingerprint density at radius 3 is 2.56 bits per heavy atom. The number of ether oxygens (including phenoxy) is 2. The monoisotopic (exact) mass is 257 g/mol. The second-order valence-electron chi connectivity index (χ2n) is 5.88. The molecule has 0 spiro atoms. The van der Waals surface area contributed by atoms with Gasteiger partial charge in [-0.15, -0.1) is 0 Å². The number of nitrogens with two attached hydrogens (primary N) is 1. The molecular formula is C14H27NO3. The van der Waals surface area contributed by atoms with Crippen LogP contribution in [0.15, 0.2) is 0 Å². The third-order valence-corrected chi connectivity index (χ3v) is 3.66. The second-order valence-corrected chi connectivity index (χ2v) is 5.88. The van der Waals surface area contributed by atoms with Crippen molar-refractivity contribution in [2.75, 3.05) is 13.2 Å². The third kappa shape index (κ3) is 5.36. The molecule has 0 bridgehead atoms. The average Bonchev–Trinajstić information content (AvgIpc) is 2.31. The van der Waals surface area contributed by atoms with Crippen LogP contribution in [0.5, 0.6) is 0 Å². The van der Waals surface area contributed by atoms with E-state index in [2.05, 4.69) is 13.8 Å². The number of hydrogen-bond acceptors (Lipinski definition) is 4. The van der Waals surface area contributed by atoms with Crippen molar-refractivity contribution >= 4 is 5.97 Å². The van der Waals surface area contributed by atoms with Crippen LogP contribution in [-0.4, -0.2) is 31.3 Å². The molecule has 1 unspecified atom stereocenters. The minimum Gasteiger partial charge on any atom is -0.465 e. The van der Waals surface area contributed by atoms with Crippen molar-refractivity contribution in [1.29, 1.82) is 0 Å². The Morgan fingerprint density at radius 1 is 1.39 bits per heavy atom. The maximum absolute atomic E-state index is 11.3. The number of hydrogen-bond donors (Lipinski definition) is 1. The van der Waals surface area contributed by atoms with Crippen LogP contribution >= 0.6 is 0 Å². The average molecular weight is 257 g/mol. The summed E-state index contributed by atoms with van der Waals surface area (Å²) in [5, 5.41) is 0. The molecule has 0 aliphatic heterocycles. The molecular weight excluding hydrogens is 230 g/mol. The molecule has 1 aliphatic rings. The van der Waals surface area contributed by atoms with Gasteiger partial charge in [-0.1, -0.05) is 13.8 Å². The van der Waals surface area contributed by atoms with Crippen molar-refractivity contribution in [3.63, 3.8) is 0 Å². The third-order valence-electron chi connectivity index (χ3n) is 3.66. The zero-order valence-electron chi connectivity index (χ0n) is 11.9. The molecule has 0 aromatic heterocycles. The Labute approximate surface area is 110 Å². The maximum Gasteiger partial charge on any atom is 0.322 e. The van der Waals surface area contributed by atoms with Crippen LogP contribution in [0, 0.1) is 5.41 Å². The standard InChI is InChI=1S/C14H27NO3/c1-4-17-13(16)12(15)7-10-18-11-5-8-14(2,3)9-6-11/h11-12H,4-10,15H2,1-3H3. The van der Waals surface area contributed by atoms with E-state index < -0.39 is 6.04 Å². The lowest BCUT2D eigenvalue weighted by Crippen LogP contribution is -2.34. The van der Waals surface area contributed by atoms with E-state index in [0.29, 0.717) is 31.2 Å². The van der Waals surface area contributed by atoms with E-state index in [1.165, 1.54) is 12.8 Å². The van der Waals surface area contributed by atoms with Gasteiger partial charge in [-0.3, -0.25) is 4.79 Å². The first-order valence-corrected chi connectivity index (χ1v) is 6.98. The summed E-state index contributed by atoms with van der Waals surface area (Å²) in [7, 11) is 0. The molecule has 4 heteroatoms. The minimum atomic E-state index is -0.551. The van der Waals surface area contributed by atoms with E-state index in [-0.39, 0.29) is 5.97 Å². The summed E-state index contributed by atoms with van der Waals surface area (Å²) in [5.74, 6) is -0.328. The molecule has 18 heavy (non-hydrogen) atoms. The Balaban J connectivity index is 2.13. The van der Waals surface area contributed by atoms with Crippen LogP contribution in [0.25, 0.3) is 0 Å². The lowest BCUT2D eigenvalue weighted by atomic mass is 9.76. The SMILES string of the molecule is CCOC(=O)C(N)CCOC1CCC(C)(C)CC1. The first-order valence-electron chi connectivity index (χ1n) is 6.98. The van der Waals surface area contributed by atoms with Crippen LogP contribution in [0.1, 0.15) is 52.9 Å². The summed E-state index contributed by atoms with van der Waals surface area (Å²) < 4.78 is 10.6. The molecule has 1 fully saturated rings. The number of rotatable bonds is 6. The van der Waals surface area contributed by atoms with Crippen molar-refractivity contribution in [2.45, 2.75) is 65.0 Å². The number of carbonyl (C=O) groups excluding carboxylic acids is 1. The van der Waals surface area contributed by atoms with E-state index in [1.807, 2.05) is 0 Å². The van der Waals surface area contributed by atoms with Crippen LogP contribution in [0.3, 0.4) is 0 Å². The summed E-state index contributed by atoms with van der Waals surface area (Å²) in [6.07, 6.45) is 5.53. The van der Waals surface area contributed by atoms with Crippen molar-refractivity contribution in [3.8, 4) is 0 Å². The first-order chi connectivity index (χ1) is 8.44. The lowest BCUT2D eigenvalue weighted by Gasteiger charge is -2.34. The van der Waals surface area contributed by atoms with E-state index in [4.69, 9.17) is 15.2 Å². The Morgan fingerprint density at radius 2 is 2.00 bits per heavy atom. The molecule has 1 atom stereocenters. The molecule has 0 aromatic rings. The first kappa shape index (κ1) is 15.4. The van der Waals surface area contributed by atoms with Crippen molar-refractivity contribution in [1.82, 2.24) is 0 Å². The highest BCUT2D eigenvalue weighted by molar-refractivity contribution is 5.75. The fraction of sp³-hybridized carbons (Fsp3) is 0.929. The highest BCUT2D eigenvalue weighted by Gasteiger charge is 2.27. The largest absolute Gasteiger partial charge is 0.465 e. The normalized spacial score (nSPS) is 21.6. The minimum absolute atomic E-state index is 0.328. The van der Waals surface area contributed by atoms with Crippen molar-refractivity contribution in [2.24, 2.45) is 11.1 Å². The summed E-state index contributed by atoms with van der Waals surface area (Å²) in [6.45, 7) is 7.32. The smallest absolute Gasteiger partial charge is 0.322 e. The molecule has 4 nitrogen and oxygen atoms in total. The van der Waals surface area contributed by atoms with Gasteiger partial charge in [-0.05, 0) is 44.4 Å². The van der Waals surface area contributed by atoms with Gasteiger partial charge in [0.1, 0.15) is 6.04 Å². The van der Waals surface area contributed by atoms with E-state index in [1.54, 1.807) is 6.92 Å².